The van der Waals surface area contributed by atoms with Gasteiger partial charge in [0.25, 0.3) is 0 Å². The second-order valence-corrected chi connectivity index (χ2v) is 7.02. The normalized spacial score (nSPS) is 22.3. The number of hydrogen-bond donors (Lipinski definition) is 4. The highest BCUT2D eigenvalue weighted by Crippen LogP contribution is 2.24. The summed E-state index contributed by atoms with van der Waals surface area (Å²) in [5, 5.41) is 23.5. The number of aromatic nitrogens is 2. The number of nitrogens with one attached hydrogen (secondary N) is 1. The van der Waals surface area contributed by atoms with Crippen molar-refractivity contribution in [2.24, 2.45) is 5.84 Å². The third kappa shape index (κ3) is 4.66. The molecule has 3 rings (SSSR count). The standard InChI is InChI=1S/C19H25N7O/c1-12(11-26(22)14-4-6-15(27)7-5-14)23-19-24-17-9-3-13(10-20)2-8-16(17)18(21)25-19/h8,11,14-15,27H,3-7,9,22H2,1H3,(H3,21,23,24,25)/b12-11+. The molecule has 0 aromatic carbocycles. The number of hydrogen-bond acceptors (Lipinski definition) is 8. The van der Waals surface area contributed by atoms with Gasteiger partial charge in [0, 0.05) is 23.5 Å². The SMILES string of the molecule is C/C(=C\N(N)C1CCC(O)CC1)Nc1nc(N)c2c(n1)CCC(C#N)=C=C2. The Balaban J connectivity index is 1.72. The van der Waals surface area contributed by atoms with Crippen LogP contribution in [0.2, 0.25) is 0 Å². The summed E-state index contributed by atoms with van der Waals surface area (Å²) in [6, 6.07) is 2.34. The molecule has 27 heavy (non-hydrogen) atoms. The maximum atomic E-state index is 9.62. The molecule has 0 saturated heterocycles. The lowest BCUT2D eigenvalue weighted by atomic mass is 9.93. The van der Waals surface area contributed by atoms with Crippen LogP contribution in [-0.4, -0.2) is 32.2 Å². The number of allylic oxidation sites excluding steroid dienone is 2. The zero-order chi connectivity index (χ0) is 19.4. The van der Waals surface area contributed by atoms with Gasteiger partial charge in [0.05, 0.1) is 17.4 Å². The number of nitrogens with two attached hydrogens (primary N) is 2. The van der Waals surface area contributed by atoms with Crippen molar-refractivity contribution >= 4 is 17.8 Å². The minimum absolute atomic E-state index is 0.209. The van der Waals surface area contributed by atoms with E-state index in [4.69, 9.17) is 16.8 Å². The number of aryl methyl sites for hydroxylation is 1. The molecule has 0 amide bonds. The van der Waals surface area contributed by atoms with Crippen LogP contribution in [0.15, 0.2) is 23.2 Å². The smallest absolute Gasteiger partial charge is 0.229 e. The summed E-state index contributed by atoms with van der Waals surface area (Å²) in [6.45, 7) is 1.89. The van der Waals surface area contributed by atoms with E-state index in [0.29, 0.717) is 35.7 Å². The fourth-order valence-electron chi connectivity index (χ4n) is 3.40. The fraction of sp³-hybridized carbons (Fsp3) is 0.474. The number of rotatable bonds is 4. The second-order valence-electron chi connectivity index (χ2n) is 7.02. The Labute approximate surface area is 158 Å². The van der Waals surface area contributed by atoms with Gasteiger partial charge in [-0.1, -0.05) is 0 Å². The van der Waals surface area contributed by atoms with Gasteiger partial charge in [0.1, 0.15) is 11.9 Å². The van der Waals surface area contributed by atoms with Crippen LogP contribution in [0.3, 0.4) is 0 Å². The number of aliphatic hydroxyl groups is 1. The van der Waals surface area contributed by atoms with Crippen molar-refractivity contribution in [1.82, 2.24) is 15.0 Å². The Morgan fingerprint density at radius 1 is 1.37 bits per heavy atom. The van der Waals surface area contributed by atoms with Crippen LogP contribution < -0.4 is 16.9 Å². The van der Waals surface area contributed by atoms with Gasteiger partial charge in [0.15, 0.2) is 0 Å². The largest absolute Gasteiger partial charge is 0.393 e. The van der Waals surface area contributed by atoms with E-state index in [0.717, 1.165) is 37.1 Å². The molecule has 0 bridgehead atoms. The number of nitrogen functional groups attached to an aromatic ring is 1. The van der Waals surface area contributed by atoms with E-state index in [1.54, 1.807) is 11.1 Å². The molecular weight excluding hydrogens is 342 g/mol. The first-order valence-corrected chi connectivity index (χ1v) is 9.15. The predicted molar refractivity (Wildman–Crippen MR) is 104 cm³/mol. The lowest BCUT2D eigenvalue weighted by Crippen LogP contribution is -2.40. The van der Waals surface area contributed by atoms with E-state index >= 15 is 0 Å². The van der Waals surface area contributed by atoms with Crippen molar-refractivity contribution in [2.75, 3.05) is 11.1 Å². The summed E-state index contributed by atoms with van der Waals surface area (Å²) < 4.78 is 0. The first-order valence-electron chi connectivity index (χ1n) is 9.15. The van der Waals surface area contributed by atoms with Gasteiger partial charge in [-0.2, -0.15) is 10.2 Å². The monoisotopic (exact) mass is 367 g/mol. The van der Waals surface area contributed by atoms with Crippen LogP contribution in [0.1, 0.15) is 50.3 Å². The van der Waals surface area contributed by atoms with Crippen molar-refractivity contribution in [3.05, 3.63) is 34.5 Å². The molecule has 142 valence electrons. The summed E-state index contributed by atoms with van der Waals surface area (Å²) in [7, 11) is 0. The molecule has 0 unspecified atom stereocenters. The van der Waals surface area contributed by atoms with Crippen molar-refractivity contribution in [1.29, 1.82) is 5.26 Å². The maximum absolute atomic E-state index is 9.62. The molecule has 0 aliphatic heterocycles. The van der Waals surface area contributed by atoms with Crippen LogP contribution in [0.4, 0.5) is 11.8 Å². The van der Waals surface area contributed by atoms with Gasteiger partial charge in [0.2, 0.25) is 5.95 Å². The van der Waals surface area contributed by atoms with Crippen molar-refractivity contribution in [2.45, 2.75) is 57.6 Å². The molecule has 8 heteroatoms. The van der Waals surface area contributed by atoms with Gasteiger partial charge < -0.3 is 21.2 Å². The quantitative estimate of drug-likeness (QED) is 0.359. The fourth-order valence-corrected chi connectivity index (χ4v) is 3.40. The van der Waals surface area contributed by atoms with Crippen molar-refractivity contribution in [3.8, 4) is 6.07 Å². The van der Waals surface area contributed by atoms with E-state index in [1.165, 1.54) is 0 Å². The third-order valence-corrected chi connectivity index (χ3v) is 4.93. The molecule has 8 nitrogen and oxygen atoms in total. The Bertz CT molecular complexity index is 840. The number of anilines is 2. The highest BCUT2D eigenvalue weighted by molar-refractivity contribution is 5.66. The van der Waals surface area contributed by atoms with Gasteiger partial charge in [-0.25, -0.2) is 10.8 Å². The number of fused-ring (bicyclic) bond motifs is 1. The highest BCUT2D eigenvalue weighted by Gasteiger charge is 2.22. The molecule has 1 saturated carbocycles. The van der Waals surface area contributed by atoms with Crippen LogP contribution in [0.25, 0.3) is 6.08 Å². The summed E-state index contributed by atoms with van der Waals surface area (Å²) in [4.78, 5) is 8.85. The molecule has 1 aromatic heterocycles. The molecule has 1 heterocycles. The van der Waals surface area contributed by atoms with Gasteiger partial charge in [-0.05, 0) is 51.5 Å². The van der Waals surface area contributed by atoms with Crippen LogP contribution in [0, 0.1) is 11.3 Å². The molecule has 2 aliphatic carbocycles. The molecule has 1 fully saturated rings. The number of aliphatic hydroxyl groups excluding tert-OH is 1. The summed E-state index contributed by atoms with van der Waals surface area (Å²) in [5.74, 6) is 6.92. The molecule has 6 N–H and O–H groups in total. The molecule has 0 spiro atoms. The Hall–Kier alpha value is -2.85. The Kier molecular flexibility index (Phi) is 5.77. The lowest BCUT2D eigenvalue weighted by Gasteiger charge is -2.32. The summed E-state index contributed by atoms with van der Waals surface area (Å²) in [5.41, 5.74) is 11.9. The minimum atomic E-state index is -0.209. The van der Waals surface area contributed by atoms with E-state index in [2.05, 4.69) is 27.1 Å². The van der Waals surface area contributed by atoms with Crippen molar-refractivity contribution < 1.29 is 5.11 Å². The number of hydrazine groups is 1. The average Bonchev–Trinajstić information content (AvgIpc) is 2.84. The van der Waals surface area contributed by atoms with Gasteiger partial charge >= 0.3 is 0 Å². The first-order chi connectivity index (χ1) is 13.0. The van der Waals surface area contributed by atoms with Gasteiger partial charge in [-0.3, -0.25) is 0 Å². The molecule has 0 radical (unpaired) electrons. The highest BCUT2D eigenvalue weighted by atomic mass is 16.3. The molecule has 2 aliphatic rings. The zero-order valence-corrected chi connectivity index (χ0v) is 15.4. The molecule has 1 aromatic rings. The number of nitrogens with zero attached hydrogens (tertiary/aromatic N) is 4. The van der Waals surface area contributed by atoms with Gasteiger partial charge in [-0.15, -0.1) is 5.73 Å². The topological polar surface area (TPSA) is 137 Å². The van der Waals surface area contributed by atoms with Crippen molar-refractivity contribution in [3.63, 3.8) is 0 Å². The average molecular weight is 367 g/mol. The Morgan fingerprint density at radius 2 is 2.11 bits per heavy atom. The van der Waals surface area contributed by atoms with Crippen LogP contribution in [0.5, 0.6) is 0 Å². The van der Waals surface area contributed by atoms with Crippen LogP contribution >= 0.6 is 0 Å². The first kappa shape index (κ1) is 18.9. The lowest BCUT2D eigenvalue weighted by molar-refractivity contribution is 0.0910. The minimum Gasteiger partial charge on any atom is -0.393 e. The Morgan fingerprint density at radius 3 is 2.81 bits per heavy atom. The van der Waals surface area contributed by atoms with Crippen LogP contribution in [-0.2, 0) is 6.42 Å². The summed E-state index contributed by atoms with van der Waals surface area (Å²) >= 11 is 0. The predicted octanol–water partition coefficient (Wildman–Crippen LogP) is 1.82. The molecule has 0 atom stereocenters. The third-order valence-electron chi connectivity index (χ3n) is 4.93. The second kappa shape index (κ2) is 8.23. The van der Waals surface area contributed by atoms with E-state index in [1.807, 2.05) is 13.1 Å². The van der Waals surface area contributed by atoms with E-state index in [-0.39, 0.29) is 12.1 Å². The van der Waals surface area contributed by atoms with E-state index in [9.17, 15) is 5.11 Å². The summed E-state index contributed by atoms with van der Waals surface area (Å²) in [6.07, 6.45) is 7.76. The van der Waals surface area contributed by atoms with E-state index < -0.39 is 0 Å². The zero-order valence-electron chi connectivity index (χ0n) is 15.4. The molecular formula is C19H25N7O. The number of nitriles is 1. The maximum Gasteiger partial charge on any atom is 0.229 e.